The van der Waals surface area contributed by atoms with Crippen LogP contribution in [0.15, 0.2) is 33.1 Å². The van der Waals surface area contributed by atoms with Gasteiger partial charge in [-0.1, -0.05) is 38.3 Å². The van der Waals surface area contributed by atoms with E-state index in [9.17, 15) is 10.0 Å². The Kier molecular flexibility index (Phi) is 6.08. The molecule has 8 heteroatoms. The molecule has 0 saturated heterocycles. The molecule has 0 bridgehead atoms. The number of carbonyl (C=O) groups excluding carboxylic acids is 1. The summed E-state index contributed by atoms with van der Waals surface area (Å²) < 4.78 is 16.9. The van der Waals surface area contributed by atoms with Gasteiger partial charge in [-0.05, 0) is 18.6 Å². The number of hydroxylamine groups is 2. The Morgan fingerprint density at radius 3 is 2.89 bits per heavy atom. The van der Waals surface area contributed by atoms with E-state index >= 15 is 0 Å². The molecule has 0 aliphatic carbocycles. The van der Waals surface area contributed by atoms with Crippen LogP contribution in [0, 0.1) is 0 Å². The molecule has 0 radical (unpaired) electrons. The molecule has 0 saturated carbocycles. The SMILES string of the molecule is CCCCC[C@H](CN(O)C=O)c1nnc(-c2cc3cccc(OC)c3o2)o1. The van der Waals surface area contributed by atoms with Crippen molar-refractivity contribution < 1.29 is 23.6 Å². The van der Waals surface area contributed by atoms with E-state index in [0.29, 0.717) is 34.5 Å². The highest BCUT2D eigenvalue weighted by Crippen LogP contribution is 2.33. The second-order valence-corrected chi connectivity index (χ2v) is 6.35. The first kappa shape index (κ1) is 18.9. The number of rotatable bonds is 10. The fourth-order valence-corrected chi connectivity index (χ4v) is 3.00. The number of unbranched alkanes of at least 4 members (excludes halogenated alkanes) is 2. The number of ether oxygens (including phenoxy) is 1. The lowest BCUT2D eigenvalue weighted by Gasteiger charge is -2.16. The van der Waals surface area contributed by atoms with E-state index in [2.05, 4.69) is 17.1 Å². The van der Waals surface area contributed by atoms with Crippen molar-refractivity contribution in [3.05, 3.63) is 30.2 Å². The van der Waals surface area contributed by atoms with Crippen LogP contribution in [-0.2, 0) is 4.79 Å². The molecule has 0 aliphatic rings. The highest BCUT2D eigenvalue weighted by atomic mass is 16.5. The highest BCUT2D eigenvalue weighted by molar-refractivity contribution is 5.86. The first-order valence-electron chi connectivity index (χ1n) is 8.97. The van der Waals surface area contributed by atoms with E-state index in [0.717, 1.165) is 31.1 Å². The molecule has 8 nitrogen and oxygen atoms in total. The number of hydrogen-bond donors (Lipinski definition) is 1. The van der Waals surface area contributed by atoms with Crippen LogP contribution < -0.4 is 4.74 Å². The highest BCUT2D eigenvalue weighted by Gasteiger charge is 2.23. The largest absolute Gasteiger partial charge is 0.493 e. The summed E-state index contributed by atoms with van der Waals surface area (Å²) in [6, 6.07) is 7.40. The van der Waals surface area contributed by atoms with Crippen molar-refractivity contribution >= 4 is 17.4 Å². The van der Waals surface area contributed by atoms with E-state index in [-0.39, 0.29) is 18.4 Å². The molecule has 1 N–H and O–H groups in total. The third-order valence-electron chi connectivity index (χ3n) is 4.41. The van der Waals surface area contributed by atoms with Gasteiger partial charge in [0, 0.05) is 5.39 Å². The van der Waals surface area contributed by atoms with Crippen molar-refractivity contribution in [1.82, 2.24) is 15.3 Å². The molecule has 144 valence electrons. The Morgan fingerprint density at radius 2 is 2.15 bits per heavy atom. The molecule has 3 rings (SSSR count). The van der Waals surface area contributed by atoms with E-state index in [1.807, 2.05) is 24.3 Å². The Balaban J connectivity index is 1.85. The number of amides is 1. The fraction of sp³-hybridized carbons (Fsp3) is 0.421. The zero-order chi connectivity index (χ0) is 19.2. The van der Waals surface area contributed by atoms with Crippen molar-refractivity contribution in [3.8, 4) is 17.4 Å². The third kappa shape index (κ3) is 4.28. The summed E-state index contributed by atoms with van der Waals surface area (Å²) in [5.41, 5.74) is 0.608. The van der Waals surface area contributed by atoms with E-state index in [1.165, 1.54) is 0 Å². The van der Waals surface area contributed by atoms with E-state index < -0.39 is 0 Å². The lowest BCUT2D eigenvalue weighted by Crippen LogP contribution is -2.24. The molecule has 1 amide bonds. The van der Waals surface area contributed by atoms with Crippen molar-refractivity contribution in [2.75, 3.05) is 13.7 Å². The van der Waals surface area contributed by atoms with Gasteiger partial charge in [0.05, 0.1) is 19.6 Å². The summed E-state index contributed by atoms with van der Waals surface area (Å²) in [7, 11) is 1.58. The van der Waals surface area contributed by atoms with Crippen LogP contribution in [-0.4, -0.2) is 40.5 Å². The Morgan fingerprint density at radius 1 is 1.30 bits per heavy atom. The Labute approximate surface area is 156 Å². The first-order valence-corrected chi connectivity index (χ1v) is 8.97. The lowest BCUT2D eigenvalue weighted by atomic mass is 10.0. The summed E-state index contributed by atoms with van der Waals surface area (Å²) in [6.07, 6.45) is 4.16. The molecule has 0 unspecified atom stereocenters. The topological polar surface area (TPSA) is 102 Å². The summed E-state index contributed by atoms with van der Waals surface area (Å²) in [4.78, 5) is 10.8. The molecule has 2 aromatic heterocycles. The third-order valence-corrected chi connectivity index (χ3v) is 4.41. The van der Waals surface area contributed by atoms with Gasteiger partial charge in [-0.3, -0.25) is 10.0 Å². The van der Waals surface area contributed by atoms with E-state index in [1.54, 1.807) is 7.11 Å². The average Bonchev–Trinajstić information content (AvgIpc) is 3.33. The summed E-state index contributed by atoms with van der Waals surface area (Å²) in [6.45, 7) is 2.21. The number of nitrogens with zero attached hydrogens (tertiary/aromatic N) is 3. The molecule has 1 aromatic carbocycles. The van der Waals surface area contributed by atoms with Crippen LogP contribution in [0.4, 0.5) is 0 Å². The quantitative estimate of drug-likeness (QED) is 0.248. The fourth-order valence-electron chi connectivity index (χ4n) is 3.00. The maximum atomic E-state index is 10.8. The number of furan rings is 1. The molecule has 0 spiro atoms. The number of methoxy groups -OCH3 is 1. The minimum Gasteiger partial charge on any atom is -0.493 e. The van der Waals surface area contributed by atoms with Gasteiger partial charge in [-0.15, -0.1) is 10.2 Å². The van der Waals surface area contributed by atoms with Gasteiger partial charge < -0.3 is 13.6 Å². The molecule has 2 heterocycles. The van der Waals surface area contributed by atoms with Gasteiger partial charge in [0.2, 0.25) is 12.3 Å². The van der Waals surface area contributed by atoms with Crippen LogP contribution in [0.3, 0.4) is 0 Å². The van der Waals surface area contributed by atoms with Crippen LogP contribution in [0.5, 0.6) is 5.75 Å². The average molecular weight is 373 g/mol. The van der Waals surface area contributed by atoms with Crippen molar-refractivity contribution in [2.45, 2.75) is 38.5 Å². The summed E-state index contributed by atoms with van der Waals surface area (Å²) in [5, 5.41) is 19.2. The molecule has 1 atom stereocenters. The van der Waals surface area contributed by atoms with Gasteiger partial charge in [0.1, 0.15) is 0 Å². The maximum absolute atomic E-state index is 10.8. The van der Waals surface area contributed by atoms with Gasteiger partial charge in [-0.25, -0.2) is 5.06 Å². The van der Waals surface area contributed by atoms with Crippen LogP contribution in [0.1, 0.15) is 44.4 Å². The molecule has 0 fully saturated rings. The van der Waals surface area contributed by atoms with Crippen molar-refractivity contribution in [2.24, 2.45) is 0 Å². The first-order chi connectivity index (χ1) is 13.2. The molecule has 3 aromatic rings. The smallest absolute Gasteiger partial charge is 0.283 e. The summed E-state index contributed by atoms with van der Waals surface area (Å²) >= 11 is 0. The predicted molar refractivity (Wildman–Crippen MR) is 97.5 cm³/mol. The standard InChI is InChI=1S/C19H23N3O5/c1-3-4-5-7-14(11-22(24)12-23)18-20-21-19(27-18)16-10-13-8-6-9-15(25-2)17(13)26-16/h6,8-10,12,14,24H,3-5,7,11H2,1-2H3/t14-/m1/s1. The molecule has 27 heavy (non-hydrogen) atoms. The minimum absolute atomic E-state index is 0.100. The molecular formula is C19H23N3O5. The van der Waals surface area contributed by atoms with Crippen molar-refractivity contribution in [3.63, 3.8) is 0 Å². The zero-order valence-corrected chi connectivity index (χ0v) is 15.4. The van der Waals surface area contributed by atoms with Crippen LogP contribution in [0.2, 0.25) is 0 Å². The molecule has 0 aliphatic heterocycles. The molecular weight excluding hydrogens is 350 g/mol. The number of carbonyl (C=O) groups is 1. The van der Waals surface area contributed by atoms with Crippen LogP contribution >= 0.6 is 0 Å². The zero-order valence-electron chi connectivity index (χ0n) is 15.4. The Hall–Kier alpha value is -2.87. The van der Waals surface area contributed by atoms with Gasteiger partial charge >= 0.3 is 0 Å². The van der Waals surface area contributed by atoms with Gasteiger partial charge in [-0.2, -0.15) is 0 Å². The number of fused-ring (bicyclic) bond motifs is 1. The van der Waals surface area contributed by atoms with Crippen molar-refractivity contribution in [1.29, 1.82) is 0 Å². The predicted octanol–water partition coefficient (Wildman–Crippen LogP) is 4.00. The van der Waals surface area contributed by atoms with Gasteiger partial charge in [0.25, 0.3) is 5.89 Å². The number of hydrogen-bond acceptors (Lipinski definition) is 7. The van der Waals surface area contributed by atoms with Crippen LogP contribution in [0.25, 0.3) is 22.6 Å². The van der Waals surface area contributed by atoms with E-state index in [4.69, 9.17) is 13.6 Å². The number of benzene rings is 1. The second-order valence-electron chi connectivity index (χ2n) is 6.35. The number of para-hydroxylation sites is 1. The number of aromatic nitrogens is 2. The van der Waals surface area contributed by atoms with Gasteiger partial charge in [0.15, 0.2) is 17.1 Å². The lowest BCUT2D eigenvalue weighted by molar-refractivity contribution is -0.151. The summed E-state index contributed by atoms with van der Waals surface area (Å²) in [5.74, 6) is 1.44. The maximum Gasteiger partial charge on any atom is 0.283 e. The minimum atomic E-state index is -0.244. The second kappa shape index (κ2) is 8.68. The normalized spacial score (nSPS) is 12.3. The Bertz CT molecular complexity index is 888. The monoisotopic (exact) mass is 373 g/mol.